The number of hydrogen-bond acceptors (Lipinski definition) is 6. The molecule has 0 unspecified atom stereocenters. The first-order valence-electron chi connectivity index (χ1n) is 8.09. The number of nitro benzene ring substituents is 1. The molecule has 142 valence electrons. The number of phenols is 1. The molecule has 9 heteroatoms. The van der Waals surface area contributed by atoms with Gasteiger partial charge in [-0.15, -0.1) is 0 Å². The van der Waals surface area contributed by atoms with Crippen molar-refractivity contribution in [2.45, 2.75) is 6.92 Å². The van der Waals surface area contributed by atoms with Crippen molar-refractivity contribution in [3.63, 3.8) is 0 Å². The molecule has 0 aliphatic heterocycles. The smallest absolute Gasteiger partial charge is 0.311 e. The van der Waals surface area contributed by atoms with E-state index in [1.54, 1.807) is 6.07 Å². The number of benzene rings is 2. The van der Waals surface area contributed by atoms with E-state index < -0.39 is 28.2 Å². The van der Waals surface area contributed by atoms with Crippen LogP contribution in [0, 0.1) is 17.0 Å². The van der Waals surface area contributed by atoms with Crippen LogP contribution in [0.15, 0.2) is 59.2 Å². The lowest BCUT2D eigenvalue weighted by Crippen LogP contribution is -2.41. The Balaban J connectivity index is 1.73. The Morgan fingerprint density at radius 1 is 1.07 bits per heavy atom. The lowest BCUT2D eigenvalue weighted by Gasteiger charge is -2.08. The highest BCUT2D eigenvalue weighted by Crippen LogP contribution is 2.27. The summed E-state index contributed by atoms with van der Waals surface area (Å²) in [6.07, 6.45) is 1.36. The van der Waals surface area contributed by atoms with E-state index in [1.807, 2.05) is 31.2 Å². The van der Waals surface area contributed by atoms with E-state index in [2.05, 4.69) is 10.9 Å². The van der Waals surface area contributed by atoms with Crippen LogP contribution in [0.25, 0.3) is 11.1 Å². The van der Waals surface area contributed by atoms with Crippen molar-refractivity contribution in [2.75, 3.05) is 0 Å². The van der Waals surface area contributed by atoms with Gasteiger partial charge in [-0.25, -0.2) is 0 Å². The molecule has 0 aliphatic carbocycles. The minimum atomic E-state index is -0.818. The van der Waals surface area contributed by atoms with Gasteiger partial charge in [0.25, 0.3) is 5.91 Å². The van der Waals surface area contributed by atoms with Gasteiger partial charge in [0.05, 0.1) is 11.2 Å². The third-order valence-corrected chi connectivity index (χ3v) is 3.92. The highest BCUT2D eigenvalue weighted by atomic mass is 16.6. The highest BCUT2D eigenvalue weighted by molar-refractivity contribution is 6.01. The number of amides is 2. The molecule has 2 aromatic carbocycles. The number of aromatic hydroxyl groups is 1. The van der Waals surface area contributed by atoms with Crippen LogP contribution in [0.2, 0.25) is 0 Å². The molecule has 3 rings (SSSR count). The number of furan rings is 1. The molecular weight excluding hydrogens is 366 g/mol. The molecule has 0 aliphatic rings. The van der Waals surface area contributed by atoms with Gasteiger partial charge >= 0.3 is 11.6 Å². The molecule has 1 aromatic heterocycles. The molecule has 0 saturated carbocycles. The van der Waals surface area contributed by atoms with Crippen molar-refractivity contribution >= 4 is 17.5 Å². The van der Waals surface area contributed by atoms with E-state index in [4.69, 9.17) is 4.42 Å². The molecular formula is C19H15N3O6. The number of nitro groups is 1. The Hall–Kier alpha value is -4.14. The first-order valence-corrected chi connectivity index (χ1v) is 8.09. The maximum Gasteiger partial charge on any atom is 0.311 e. The molecule has 28 heavy (non-hydrogen) atoms. The summed E-state index contributed by atoms with van der Waals surface area (Å²) in [5, 5.41) is 20.3. The summed E-state index contributed by atoms with van der Waals surface area (Å²) in [6.45, 7) is 1.92. The summed E-state index contributed by atoms with van der Waals surface area (Å²) in [5.74, 6) is -2.05. The van der Waals surface area contributed by atoms with Crippen molar-refractivity contribution < 1.29 is 24.0 Å². The molecule has 1 heterocycles. The van der Waals surface area contributed by atoms with E-state index in [9.17, 15) is 24.8 Å². The third kappa shape index (κ3) is 3.83. The average molecular weight is 381 g/mol. The number of nitrogens with one attached hydrogen (secondary N) is 2. The third-order valence-electron chi connectivity index (χ3n) is 3.92. The number of nitrogens with zero attached hydrogens (tertiary/aromatic N) is 1. The number of carbonyl (C=O) groups is 2. The zero-order valence-corrected chi connectivity index (χ0v) is 14.6. The lowest BCUT2D eigenvalue weighted by molar-refractivity contribution is -0.385. The van der Waals surface area contributed by atoms with E-state index in [0.717, 1.165) is 23.3 Å². The number of rotatable bonds is 4. The molecule has 3 aromatic rings. The van der Waals surface area contributed by atoms with Gasteiger partial charge in [-0.3, -0.25) is 30.6 Å². The van der Waals surface area contributed by atoms with Gasteiger partial charge in [0.1, 0.15) is 0 Å². The van der Waals surface area contributed by atoms with Gasteiger partial charge in [-0.1, -0.05) is 29.8 Å². The fraction of sp³-hybridized carbons (Fsp3) is 0.0526. The summed E-state index contributed by atoms with van der Waals surface area (Å²) in [6, 6.07) is 12.2. The predicted octanol–water partition coefficient (Wildman–Crippen LogP) is 2.94. The van der Waals surface area contributed by atoms with Crippen molar-refractivity contribution in [3.05, 3.63) is 81.8 Å². The number of carbonyl (C=O) groups excluding carboxylic acids is 2. The van der Waals surface area contributed by atoms with Crippen molar-refractivity contribution in [3.8, 4) is 16.9 Å². The Morgan fingerprint density at radius 2 is 1.82 bits per heavy atom. The Labute approximate surface area is 158 Å². The normalized spacial score (nSPS) is 10.3. The fourth-order valence-corrected chi connectivity index (χ4v) is 2.58. The largest absolute Gasteiger partial charge is 0.502 e. The topological polar surface area (TPSA) is 135 Å². The van der Waals surface area contributed by atoms with Gasteiger partial charge in [0.2, 0.25) is 5.76 Å². The van der Waals surface area contributed by atoms with Crippen LogP contribution in [0.3, 0.4) is 0 Å². The van der Waals surface area contributed by atoms with Gasteiger partial charge in [0, 0.05) is 17.2 Å². The molecule has 2 amide bonds. The highest BCUT2D eigenvalue weighted by Gasteiger charge is 2.20. The number of phenolic OH excluding ortho intramolecular Hbond substituents is 1. The predicted molar refractivity (Wildman–Crippen MR) is 98.6 cm³/mol. The summed E-state index contributed by atoms with van der Waals surface area (Å²) in [4.78, 5) is 34.6. The molecule has 0 bridgehead atoms. The fourth-order valence-electron chi connectivity index (χ4n) is 2.58. The summed E-state index contributed by atoms with van der Waals surface area (Å²) < 4.78 is 5.24. The van der Waals surface area contributed by atoms with E-state index in [0.29, 0.717) is 5.56 Å². The Bertz CT molecular complexity index is 1070. The maximum absolute atomic E-state index is 12.4. The Kier molecular flexibility index (Phi) is 5.07. The SMILES string of the molecule is Cc1cccc(-c2ccoc2C(=O)NNC(=O)c2ccc(O)c([N+](=O)[O-])c2)c1. The Morgan fingerprint density at radius 3 is 2.54 bits per heavy atom. The molecule has 0 fully saturated rings. The second-order valence-corrected chi connectivity index (χ2v) is 5.90. The maximum atomic E-state index is 12.4. The van der Waals surface area contributed by atoms with Crippen molar-refractivity contribution in [2.24, 2.45) is 0 Å². The van der Waals surface area contributed by atoms with Crippen LogP contribution in [0.1, 0.15) is 26.5 Å². The van der Waals surface area contributed by atoms with Crippen molar-refractivity contribution in [1.29, 1.82) is 0 Å². The van der Waals surface area contributed by atoms with E-state index >= 15 is 0 Å². The van der Waals surface area contributed by atoms with E-state index in [-0.39, 0.29) is 11.3 Å². The first kappa shape index (κ1) is 18.6. The molecule has 0 radical (unpaired) electrons. The van der Waals surface area contributed by atoms with E-state index in [1.165, 1.54) is 12.3 Å². The van der Waals surface area contributed by atoms with Crippen LogP contribution in [-0.2, 0) is 0 Å². The average Bonchev–Trinajstić information content (AvgIpc) is 3.16. The monoisotopic (exact) mass is 381 g/mol. The first-order chi connectivity index (χ1) is 13.4. The number of aryl methyl sites for hydroxylation is 1. The quantitative estimate of drug-likeness (QED) is 0.470. The number of hydrogen-bond donors (Lipinski definition) is 3. The molecule has 3 N–H and O–H groups in total. The van der Waals surface area contributed by atoms with Gasteiger partial charge < -0.3 is 9.52 Å². The van der Waals surface area contributed by atoms with Crippen LogP contribution in [-0.4, -0.2) is 21.8 Å². The molecule has 0 atom stereocenters. The molecule has 0 saturated heterocycles. The van der Waals surface area contributed by atoms with Gasteiger partial charge in [0.15, 0.2) is 5.75 Å². The standard InChI is InChI=1S/C19H15N3O6/c1-11-3-2-4-12(9-11)14-7-8-28-17(14)19(25)21-20-18(24)13-5-6-16(23)15(10-13)22(26)27/h2-10,23H,1H3,(H,20,24)(H,21,25). The van der Waals surface area contributed by atoms with Gasteiger partial charge in [-0.05, 0) is 30.7 Å². The zero-order chi connectivity index (χ0) is 20.3. The van der Waals surface area contributed by atoms with Crippen LogP contribution in [0.5, 0.6) is 5.75 Å². The minimum absolute atomic E-state index is 0.00240. The second-order valence-electron chi connectivity index (χ2n) is 5.90. The molecule has 9 nitrogen and oxygen atoms in total. The van der Waals surface area contributed by atoms with Crippen molar-refractivity contribution in [1.82, 2.24) is 10.9 Å². The summed E-state index contributed by atoms with van der Waals surface area (Å²) >= 11 is 0. The van der Waals surface area contributed by atoms with Gasteiger partial charge in [-0.2, -0.15) is 0 Å². The van der Waals surface area contributed by atoms with Crippen LogP contribution in [0.4, 0.5) is 5.69 Å². The number of hydrazine groups is 1. The van der Waals surface area contributed by atoms with Crippen LogP contribution >= 0.6 is 0 Å². The summed E-state index contributed by atoms with van der Waals surface area (Å²) in [7, 11) is 0. The molecule has 0 spiro atoms. The summed E-state index contributed by atoms with van der Waals surface area (Å²) in [5.41, 5.74) is 5.98. The second kappa shape index (κ2) is 7.62. The minimum Gasteiger partial charge on any atom is -0.502 e. The lowest BCUT2D eigenvalue weighted by atomic mass is 10.0. The van der Waals surface area contributed by atoms with Crippen LogP contribution < -0.4 is 10.9 Å². The zero-order valence-electron chi connectivity index (χ0n) is 14.6.